The summed E-state index contributed by atoms with van der Waals surface area (Å²) in [6.07, 6.45) is 0. The van der Waals surface area contributed by atoms with Gasteiger partial charge in [0.15, 0.2) is 5.15 Å². The number of aromatic nitrogens is 3. The first-order chi connectivity index (χ1) is 10.0. The number of pyridine rings is 1. The Morgan fingerprint density at radius 1 is 1.05 bits per heavy atom. The summed E-state index contributed by atoms with van der Waals surface area (Å²) >= 11 is 12.2. The molecule has 0 N–H and O–H groups in total. The van der Waals surface area contributed by atoms with Gasteiger partial charge in [0.2, 0.25) is 5.95 Å². The van der Waals surface area contributed by atoms with Gasteiger partial charge < -0.3 is 14.4 Å². The smallest absolute Gasteiger partial charge is 0.206 e. The highest BCUT2D eigenvalue weighted by Gasteiger charge is 2.40. The van der Waals surface area contributed by atoms with Gasteiger partial charge in [-0.05, 0) is 18.9 Å². The molecule has 0 aromatic carbocycles. The van der Waals surface area contributed by atoms with Gasteiger partial charge in [0.1, 0.15) is 10.7 Å². The minimum Gasteiger partial charge on any atom is -0.342 e. The Hall–Kier alpha value is -1.04. The number of nitrogens with zero attached hydrogens (tertiary/aromatic N) is 5. The quantitative estimate of drug-likeness (QED) is 0.754. The van der Waals surface area contributed by atoms with Gasteiger partial charge in [-0.25, -0.2) is 9.97 Å². The summed E-state index contributed by atoms with van der Waals surface area (Å²) in [6, 6.07) is 1.82. The number of fused-ring (bicyclic) bond motifs is 2. The Balaban J connectivity index is 1.72. The lowest BCUT2D eigenvalue weighted by Gasteiger charge is -2.20. The summed E-state index contributed by atoms with van der Waals surface area (Å²) in [4.78, 5) is 13.6. The largest absolute Gasteiger partial charge is 0.342 e. The van der Waals surface area contributed by atoms with Crippen molar-refractivity contribution < 1.29 is 0 Å². The second kappa shape index (κ2) is 4.73. The first-order valence-electron chi connectivity index (χ1n) is 7.15. The highest BCUT2D eigenvalue weighted by atomic mass is 35.5. The van der Waals surface area contributed by atoms with E-state index in [0.29, 0.717) is 10.3 Å². The molecule has 2 atom stereocenters. The first kappa shape index (κ1) is 13.6. The van der Waals surface area contributed by atoms with Crippen LogP contribution in [-0.2, 0) is 7.05 Å². The normalized spacial score (nSPS) is 26.0. The van der Waals surface area contributed by atoms with E-state index in [9.17, 15) is 0 Å². The highest BCUT2D eigenvalue weighted by molar-refractivity contribution is 6.36. The Kier molecular flexibility index (Phi) is 3.07. The van der Waals surface area contributed by atoms with Gasteiger partial charge in [-0.1, -0.05) is 23.2 Å². The Labute approximate surface area is 133 Å². The standard InChI is InChI=1S/C14H17Cl2N5/c1-19-4-8-6-21(7-9(8)5-19)14-18-12-10(20(14)2)3-11(15)17-13(12)16/h3,8-9H,4-7H2,1-2H3/t8-,9+. The predicted molar refractivity (Wildman–Crippen MR) is 85.2 cm³/mol. The summed E-state index contributed by atoms with van der Waals surface area (Å²) in [5.41, 5.74) is 1.66. The molecular weight excluding hydrogens is 309 g/mol. The summed E-state index contributed by atoms with van der Waals surface area (Å²) in [7, 11) is 4.21. The van der Waals surface area contributed by atoms with Crippen LogP contribution in [0.3, 0.4) is 0 Å². The molecule has 2 fully saturated rings. The second-order valence-electron chi connectivity index (χ2n) is 6.22. The maximum Gasteiger partial charge on any atom is 0.206 e. The highest BCUT2D eigenvalue weighted by Crippen LogP contribution is 2.35. The van der Waals surface area contributed by atoms with E-state index in [0.717, 1.165) is 41.9 Å². The van der Waals surface area contributed by atoms with Crippen molar-refractivity contribution in [3.8, 4) is 0 Å². The van der Waals surface area contributed by atoms with Gasteiger partial charge >= 0.3 is 0 Å². The van der Waals surface area contributed by atoms with Gasteiger partial charge in [-0.2, -0.15) is 0 Å². The number of hydrogen-bond acceptors (Lipinski definition) is 4. The van der Waals surface area contributed by atoms with Crippen molar-refractivity contribution in [2.45, 2.75) is 0 Å². The van der Waals surface area contributed by atoms with E-state index in [1.807, 2.05) is 13.1 Å². The molecule has 0 saturated carbocycles. The van der Waals surface area contributed by atoms with Crippen molar-refractivity contribution in [1.29, 1.82) is 0 Å². The molecule has 21 heavy (non-hydrogen) atoms. The Morgan fingerprint density at radius 2 is 1.71 bits per heavy atom. The minimum atomic E-state index is 0.374. The van der Waals surface area contributed by atoms with Crippen LogP contribution < -0.4 is 4.90 Å². The van der Waals surface area contributed by atoms with Crippen molar-refractivity contribution in [2.75, 3.05) is 38.1 Å². The molecule has 0 aliphatic carbocycles. The number of hydrogen-bond donors (Lipinski definition) is 0. The van der Waals surface area contributed by atoms with Gasteiger partial charge in [0.05, 0.1) is 5.52 Å². The fraction of sp³-hybridized carbons (Fsp3) is 0.571. The van der Waals surface area contributed by atoms with Crippen molar-refractivity contribution in [3.05, 3.63) is 16.4 Å². The maximum absolute atomic E-state index is 6.17. The zero-order valence-corrected chi connectivity index (χ0v) is 13.6. The molecule has 112 valence electrons. The minimum absolute atomic E-state index is 0.374. The van der Waals surface area contributed by atoms with Gasteiger partial charge in [0, 0.05) is 39.3 Å². The van der Waals surface area contributed by atoms with Crippen LogP contribution >= 0.6 is 23.2 Å². The van der Waals surface area contributed by atoms with E-state index < -0.39 is 0 Å². The molecule has 2 aliphatic rings. The molecular formula is C14H17Cl2N5. The van der Waals surface area contributed by atoms with Crippen LogP contribution in [0.25, 0.3) is 11.0 Å². The van der Waals surface area contributed by atoms with Crippen LogP contribution in [0.1, 0.15) is 0 Å². The van der Waals surface area contributed by atoms with E-state index in [4.69, 9.17) is 28.2 Å². The van der Waals surface area contributed by atoms with Gasteiger partial charge in [-0.3, -0.25) is 0 Å². The molecule has 4 heterocycles. The van der Waals surface area contributed by atoms with Crippen LogP contribution in [0.15, 0.2) is 6.07 Å². The lowest BCUT2D eigenvalue weighted by Crippen LogP contribution is -2.28. The Morgan fingerprint density at radius 3 is 2.38 bits per heavy atom. The van der Waals surface area contributed by atoms with Crippen molar-refractivity contribution >= 4 is 40.2 Å². The van der Waals surface area contributed by atoms with Gasteiger partial charge in [0.25, 0.3) is 0 Å². The average molecular weight is 326 g/mol. The number of likely N-dealkylation sites (tertiary alicyclic amines) is 1. The fourth-order valence-corrected chi connectivity index (χ4v) is 4.24. The molecule has 2 aliphatic heterocycles. The monoisotopic (exact) mass is 325 g/mol. The number of halogens is 2. The lowest BCUT2D eigenvalue weighted by molar-refractivity contribution is 0.386. The third kappa shape index (κ3) is 2.10. The molecule has 0 amide bonds. The van der Waals surface area contributed by atoms with Crippen LogP contribution in [0.2, 0.25) is 10.3 Å². The van der Waals surface area contributed by atoms with E-state index in [1.54, 1.807) is 0 Å². The molecule has 2 aromatic rings. The third-order valence-electron chi connectivity index (χ3n) is 4.72. The predicted octanol–water partition coefficient (Wildman–Crippen LogP) is 2.27. The van der Waals surface area contributed by atoms with E-state index in [2.05, 4.69) is 26.4 Å². The van der Waals surface area contributed by atoms with Crippen molar-refractivity contribution in [1.82, 2.24) is 19.4 Å². The molecule has 7 heteroatoms. The fourth-order valence-electron chi connectivity index (χ4n) is 3.78. The molecule has 0 bridgehead atoms. The Bertz CT molecular complexity index is 699. The number of aryl methyl sites for hydroxylation is 1. The van der Waals surface area contributed by atoms with Crippen LogP contribution in [0.5, 0.6) is 0 Å². The summed E-state index contributed by atoms with van der Waals surface area (Å²) in [5, 5.41) is 0.778. The zero-order valence-electron chi connectivity index (χ0n) is 12.1. The molecule has 0 radical (unpaired) electrons. The average Bonchev–Trinajstić information content (AvgIpc) is 3.01. The molecule has 4 rings (SSSR count). The summed E-state index contributed by atoms with van der Waals surface area (Å²) < 4.78 is 2.07. The molecule has 0 unspecified atom stereocenters. The third-order valence-corrected chi connectivity index (χ3v) is 5.18. The van der Waals surface area contributed by atoms with Gasteiger partial charge in [-0.15, -0.1) is 0 Å². The molecule has 2 aromatic heterocycles. The summed E-state index contributed by atoms with van der Waals surface area (Å²) in [5.74, 6) is 2.45. The van der Waals surface area contributed by atoms with Crippen LogP contribution in [0.4, 0.5) is 5.95 Å². The molecule has 5 nitrogen and oxygen atoms in total. The topological polar surface area (TPSA) is 37.2 Å². The number of rotatable bonds is 1. The number of imidazole rings is 1. The van der Waals surface area contributed by atoms with Crippen LogP contribution in [-0.4, -0.2) is 52.7 Å². The molecule has 0 spiro atoms. The maximum atomic E-state index is 6.17. The number of anilines is 1. The zero-order chi connectivity index (χ0) is 14.7. The van der Waals surface area contributed by atoms with Crippen LogP contribution in [0, 0.1) is 11.8 Å². The van der Waals surface area contributed by atoms with Crippen molar-refractivity contribution in [3.63, 3.8) is 0 Å². The molecule has 2 saturated heterocycles. The first-order valence-corrected chi connectivity index (χ1v) is 7.90. The lowest BCUT2D eigenvalue weighted by atomic mass is 10.0. The van der Waals surface area contributed by atoms with E-state index >= 15 is 0 Å². The summed E-state index contributed by atoms with van der Waals surface area (Å²) in [6.45, 7) is 4.48. The SMILES string of the molecule is CN1C[C@@H]2CN(c3nc4c(Cl)nc(Cl)cc4n3C)C[C@@H]2C1. The van der Waals surface area contributed by atoms with E-state index in [-0.39, 0.29) is 0 Å². The van der Waals surface area contributed by atoms with Crippen molar-refractivity contribution in [2.24, 2.45) is 18.9 Å². The van der Waals surface area contributed by atoms with E-state index in [1.165, 1.54) is 13.1 Å². The second-order valence-corrected chi connectivity index (χ2v) is 6.97.